The Morgan fingerprint density at radius 3 is 2.55 bits per heavy atom. The Hall–Kier alpha value is -4.74. The molecule has 0 unspecified atom stereocenters. The molecule has 2 aromatic heterocycles. The number of halogens is 4. The molecule has 15 heteroatoms. The molecule has 2 N–H and O–H groups in total. The van der Waals surface area contributed by atoms with E-state index in [2.05, 4.69) is 40.1 Å². The molecule has 1 saturated carbocycles. The van der Waals surface area contributed by atoms with E-state index in [9.17, 15) is 18.0 Å². The Labute approximate surface area is 273 Å². The van der Waals surface area contributed by atoms with Crippen LogP contribution in [0.5, 0.6) is 5.88 Å². The van der Waals surface area contributed by atoms with E-state index >= 15 is 0 Å². The molecule has 0 atom stereocenters. The van der Waals surface area contributed by atoms with Gasteiger partial charge in [-0.25, -0.2) is 11.6 Å². The fraction of sp³-hybridized carbons (Fsp3) is 0.375. The summed E-state index contributed by atoms with van der Waals surface area (Å²) < 4.78 is 49.6. The lowest BCUT2D eigenvalue weighted by Crippen LogP contribution is -2.42. The number of benzene rings is 2. The van der Waals surface area contributed by atoms with Gasteiger partial charge in [-0.05, 0) is 48.7 Å². The van der Waals surface area contributed by atoms with E-state index < -0.39 is 17.6 Å². The third-order valence-electron chi connectivity index (χ3n) is 8.04. The second kappa shape index (κ2) is 13.5. The van der Waals surface area contributed by atoms with Crippen molar-refractivity contribution in [3.63, 3.8) is 0 Å². The van der Waals surface area contributed by atoms with E-state index in [1.165, 1.54) is 12.1 Å². The molecule has 1 amide bonds. The minimum Gasteiger partial charge on any atom is -0.474 e. The molecule has 2 aromatic carbocycles. The lowest BCUT2D eigenvalue weighted by molar-refractivity contribution is -0.159. The Morgan fingerprint density at radius 2 is 1.87 bits per heavy atom. The number of hydrogen-bond donors (Lipinski definition) is 2. The van der Waals surface area contributed by atoms with Crippen molar-refractivity contribution in [2.75, 3.05) is 36.8 Å². The van der Waals surface area contributed by atoms with Gasteiger partial charge >= 0.3 is 12.1 Å². The van der Waals surface area contributed by atoms with Gasteiger partial charge in [0.25, 0.3) is 0 Å². The first-order valence-corrected chi connectivity index (χ1v) is 15.4. The number of rotatable bonds is 11. The number of alkyl halides is 3. The molecular formula is C32H30ClF3N8O3. The van der Waals surface area contributed by atoms with Gasteiger partial charge in [-0.1, -0.05) is 28.9 Å². The number of anilines is 2. The van der Waals surface area contributed by atoms with Crippen molar-refractivity contribution >= 4 is 28.9 Å². The van der Waals surface area contributed by atoms with Crippen molar-refractivity contribution in [2.45, 2.75) is 49.9 Å². The summed E-state index contributed by atoms with van der Waals surface area (Å²) in [6, 6.07) is 13.9. The van der Waals surface area contributed by atoms with Crippen LogP contribution >= 0.6 is 11.6 Å². The largest absolute Gasteiger partial charge is 0.474 e. The number of amides is 1. The summed E-state index contributed by atoms with van der Waals surface area (Å²) in [4.78, 5) is 31.2. The van der Waals surface area contributed by atoms with Crippen molar-refractivity contribution in [1.82, 2.24) is 25.0 Å². The van der Waals surface area contributed by atoms with Crippen LogP contribution in [0.4, 0.5) is 24.5 Å². The lowest BCUT2D eigenvalue weighted by Gasteiger charge is -2.31. The second-order valence-electron chi connectivity index (χ2n) is 11.6. The Bertz CT molecular complexity index is 1760. The van der Waals surface area contributed by atoms with Crippen LogP contribution in [-0.4, -0.2) is 68.7 Å². The molecule has 1 aliphatic carbocycles. The van der Waals surface area contributed by atoms with Crippen LogP contribution in [-0.2, 0) is 17.4 Å². The van der Waals surface area contributed by atoms with E-state index in [0.29, 0.717) is 67.0 Å². The number of carbonyl (C=O) groups excluding carboxylic acids is 1. The zero-order valence-electron chi connectivity index (χ0n) is 25.1. The van der Waals surface area contributed by atoms with Gasteiger partial charge in [-0.15, -0.1) is 0 Å². The third kappa shape index (κ3) is 8.35. The van der Waals surface area contributed by atoms with Crippen molar-refractivity contribution in [3.05, 3.63) is 88.4 Å². The van der Waals surface area contributed by atoms with E-state index in [4.69, 9.17) is 22.9 Å². The molecular weight excluding hydrogens is 637 g/mol. The Kier molecular flexibility index (Phi) is 9.28. The van der Waals surface area contributed by atoms with E-state index in [1.807, 2.05) is 29.2 Å². The molecule has 0 radical (unpaired) electrons. The van der Waals surface area contributed by atoms with Gasteiger partial charge < -0.3 is 24.7 Å². The maximum Gasteiger partial charge on any atom is 0.471 e. The van der Waals surface area contributed by atoms with Crippen LogP contribution in [0.15, 0.2) is 59.3 Å². The summed E-state index contributed by atoms with van der Waals surface area (Å²) in [5, 5.41) is 10.2. The number of hydrogen-bond acceptors (Lipinski definition) is 9. The van der Waals surface area contributed by atoms with Gasteiger partial charge in [0.1, 0.15) is 11.9 Å². The smallest absolute Gasteiger partial charge is 0.471 e. The highest BCUT2D eigenvalue weighted by Crippen LogP contribution is 2.40. The van der Waals surface area contributed by atoms with Crippen LogP contribution in [0, 0.1) is 6.57 Å². The molecule has 244 valence electrons. The number of ether oxygens (including phenoxy) is 1. The quantitative estimate of drug-likeness (QED) is 0.182. The summed E-state index contributed by atoms with van der Waals surface area (Å²) in [5.41, 5.74) is 1.65. The number of carbonyl (C=O) groups is 1. The molecule has 1 saturated heterocycles. The highest BCUT2D eigenvalue weighted by molar-refractivity contribution is 6.30. The van der Waals surface area contributed by atoms with Gasteiger partial charge in [0.05, 0.1) is 24.5 Å². The standard InChI is InChI=1S/C32H30ClF3N8O3/c1-37-31(11-12-31)19-39-24-7-4-21(29-42-30(47-43-29)32(34,35)36)17-25(24)40-27(45)18-44-14-9-23(10-15-44)46-28-8-13-38-26(41-28)16-20-2-5-22(33)6-3-20/h2-8,13,17,23,39H,9-12,14-16,18-19H2,(H,40,45). The summed E-state index contributed by atoms with van der Waals surface area (Å²) in [5.74, 6) is -0.892. The van der Waals surface area contributed by atoms with E-state index in [1.54, 1.807) is 18.3 Å². The van der Waals surface area contributed by atoms with Crippen LogP contribution in [0.1, 0.15) is 43.0 Å². The number of likely N-dealkylation sites (tertiary alicyclic amines) is 1. The predicted molar refractivity (Wildman–Crippen MR) is 167 cm³/mol. The molecule has 47 heavy (non-hydrogen) atoms. The lowest BCUT2D eigenvalue weighted by atomic mass is 10.1. The SMILES string of the molecule is [C-]#[N+]C1(CNc2ccc(-c3noc(C(F)(F)F)n3)cc2NC(=O)CN2CCC(Oc3ccnc(Cc4ccc(Cl)cc4)n3)CC2)CC1. The van der Waals surface area contributed by atoms with Crippen LogP contribution in [0.25, 0.3) is 16.2 Å². The topological polar surface area (TPSA) is 123 Å². The molecule has 2 aliphatic rings. The zero-order chi connectivity index (χ0) is 33.0. The summed E-state index contributed by atoms with van der Waals surface area (Å²) >= 11 is 5.98. The average Bonchev–Trinajstić information content (AvgIpc) is 3.65. The summed E-state index contributed by atoms with van der Waals surface area (Å²) in [6.07, 6.45) is 0.276. The van der Waals surface area contributed by atoms with E-state index in [-0.39, 0.29) is 29.9 Å². The fourth-order valence-corrected chi connectivity index (χ4v) is 5.32. The van der Waals surface area contributed by atoms with Crippen molar-refractivity contribution < 1.29 is 27.2 Å². The molecule has 4 aromatic rings. The Balaban J connectivity index is 1.05. The first-order valence-electron chi connectivity index (χ1n) is 15.0. The highest BCUT2D eigenvalue weighted by Gasteiger charge is 2.50. The minimum absolute atomic E-state index is 0.0752. The monoisotopic (exact) mass is 666 g/mol. The maximum atomic E-state index is 13.2. The normalized spacial score (nSPS) is 16.3. The van der Waals surface area contributed by atoms with Crippen LogP contribution < -0.4 is 15.4 Å². The highest BCUT2D eigenvalue weighted by atomic mass is 35.5. The summed E-state index contributed by atoms with van der Waals surface area (Å²) in [6.45, 7) is 9.15. The maximum absolute atomic E-state index is 13.2. The predicted octanol–water partition coefficient (Wildman–Crippen LogP) is 6.14. The van der Waals surface area contributed by atoms with Crippen LogP contribution in [0.2, 0.25) is 5.02 Å². The van der Waals surface area contributed by atoms with Gasteiger partial charge in [0.15, 0.2) is 0 Å². The first kappa shape index (κ1) is 32.2. The number of nitrogens with zero attached hydrogens (tertiary/aromatic N) is 6. The van der Waals surface area contributed by atoms with Gasteiger partial charge in [0.2, 0.25) is 23.2 Å². The van der Waals surface area contributed by atoms with E-state index in [0.717, 1.165) is 18.4 Å². The summed E-state index contributed by atoms with van der Waals surface area (Å²) in [7, 11) is 0. The van der Waals surface area contributed by atoms with Crippen molar-refractivity contribution in [3.8, 4) is 17.3 Å². The molecule has 0 spiro atoms. The second-order valence-corrected chi connectivity index (χ2v) is 12.1. The van der Waals surface area contributed by atoms with Gasteiger partial charge in [0, 0.05) is 55.2 Å². The molecule has 3 heterocycles. The van der Waals surface area contributed by atoms with Gasteiger partial charge in [-0.3, -0.25) is 9.69 Å². The molecule has 0 bridgehead atoms. The molecule has 11 nitrogen and oxygen atoms in total. The van der Waals surface area contributed by atoms with Crippen LogP contribution in [0.3, 0.4) is 0 Å². The minimum atomic E-state index is -4.78. The molecule has 6 rings (SSSR count). The van der Waals surface area contributed by atoms with Crippen molar-refractivity contribution in [1.29, 1.82) is 0 Å². The number of piperidine rings is 1. The van der Waals surface area contributed by atoms with Gasteiger partial charge in [-0.2, -0.15) is 23.1 Å². The molecule has 2 fully saturated rings. The fourth-order valence-electron chi connectivity index (χ4n) is 5.19. The van der Waals surface area contributed by atoms with Crippen molar-refractivity contribution in [2.24, 2.45) is 0 Å². The zero-order valence-corrected chi connectivity index (χ0v) is 25.8. The Morgan fingerprint density at radius 1 is 1.11 bits per heavy atom. The molecule has 1 aliphatic heterocycles. The average molecular weight is 667 g/mol. The third-order valence-corrected chi connectivity index (χ3v) is 8.29. The number of aromatic nitrogens is 4. The number of nitrogens with one attached hydrogen (secondary N) is 2. The first-order chi connectivity index (χ1) is 22.6.